The third-order valence-electron chi connectivity index (χ3n) is 3.52. The predicted octanol–water partition coefficient (Wildman–Crippen LogP) is 3.34. The Morgan fingerprint density at radius 1 is 1.32 bits per heavy atom. The van der Waals surface area contributed by atoms with E-state index in [1.54, 1.807) is 0 Å². The minimum absolute atomic E-state index is 0.569. The largest absolute Gasteiger partial charge is 0.354 e. The van der Waals surface area contributed by atoms with Crippen LogP contribution >= 0.6 is 11.6 Å². The Morgan fingerprint density at radius 2 is 2.11 bits per heavy atom. The summed E-state index contributed by atoms with van der Waals surface area (Å²) in [6, 6.07) is 8.46. The number of hydrogen-bond donors (Lipinski definition) is 2. The van der Waals surface area contributed by atoms with Crippen LogP contribution < -0.4 is 10.6 Å². The molecule has 1 aromatic carbocycles. The molecule has 2 N–H and O–H groups in total. The van der Waals surface area contributed by atoms with E-state index in [0.29, 0.717) is 6.04 Å². The fraction of sp³-hybridized carbons (Fsp3) is 0.533. The van der Waals surface area contributed by atoms with E-state index in [-0.39, 0.29) is 0 Å². The molecule has 0 heterocycles. The molecule has 0 saturated heterocycles. The van der Waals surface area contributed by atoms with Gasteiger partial charge in [-0.2, -0.15) is 0 Å². The summed E-state index contributed by atoms with van der Waals surface area (Å²) in [4.78, 5) is 4.28. The Morgan fingerprint density at radius 3 is 2.79 bits per heavy atom. The molecule has 0 bridgehead atoms. The first kappa shape index (κ1) is 14.2. The zero-order chi connectivity index (χ0) is 13.5. The fourth-order valence-electron chi connectivity index (χ4n) is 2.47. The summed E-state index contributed by atoms with van der Waals surface area (Å²) in [5.41, 5.74) is 1.17. The molecule has 0 radical (unpaired) electrons. The zero-order valence-electron chi connectivity index (χ0n) is 11.5. The van der Waals surface area contributed by atoms with Crippen LogP contribution in [0.1, 0.15) is 37.7 Å². The number of nitrogens with one attached hydrogen (secondary N) is 2. The smallest absolute Gasteiger partial charge is 0.191 e. The van der Waals surface area contributed by atoms with Gasteiger partial charge in [-0.15, -0.1) is 0 Å². The Bertz CT molecular complexity index is 425. The average molecular weight is 280 g/mol. The molecule has 0 spiro atoms. The second kappa shape index (κ2) is 7.39. The maximum absolute atomic E-state index is 5.98. The lowest BCUT2D eigenvalue weighted by Gasteiger charge is -2.24. The molecule has 1 fully saturated rings. The maximum Gasteiger partial charge on any atom is 0.191 e. The summed E-state index contributed by atoms with van der Waals surface area (Å²) in [6.45, 7) is 0.743. The van der Waals surface area contributed by atoms with Crippen molar-refractivity contribution in [1.29, 1.82) is 0 Å². The van der Waals surface area contributed by atoms with Crippen LogP contribution in [-0.2, 0) is 6.54 Å². The molecule has 1 aliphatic rings. The molecule has 0 aliphatic heterocycles. The van der Waals surface area contributed by atoms with E-state index in [1.807, 2.05) is 25.2 Å². The van der Waals surface area contributed by atoms with Gasteiger partial charge in [-0.05, 0) is 30.5 Å². The van der Waals surface area contributed by atoms with Crippen LogP contribution in [0.5, 0.6) is 0 Å². The van der Waals surface area contributed by atoms with E-state index in [4.69, 9.17) is 11.6 Å². The molecule has 0 amide bonds. The van der Waals surface area contributed by atoms with Crippen LogP contribution in [0.4, 0.5) is 0 Å². The van der Waals surface area contributed by atoms with Crippen LogP contribution in [0, 0.1) is 0 Å². The monoisotopic (exact) mass is 279 g/mol. The molecule has 2 rings (SSSR count). The van der Waals surface area contributed by atoms with Gasteiger partial charge in [0.15, 0.2) is 5.96 Å². The van der Waals surface area contributed by atoms with Crippen molar-refractivity contribution in [1.82, 2.24) is 10.6 Å². The third-order valence-corrected chi connectivity index (χ3v) is 3.75. The molecule has 104 valence electrons. The number of guanidine groups is 1. The summed E-state index contributed by atoms with van der Waals surface area (Å²) < 4.78 is 0. The molecule has 0 aromatic heterocycles. The second-order valence-corrected chi connectivity index (χ2v) is 5.47. The second-order valence-electron chi connectivity index (χ2n) is 5.03. The number of rotatable bonds is 3. The highest BCUT2D eigenvalue weighted by Crippen LogP contribution is 2.17. The lowest BCUT2D eigenvalue weighted by atomic mass is 9.96. The predicted molar refractivity (Wildman–Crippen MR) is 81.7 cm³/mol. The lowest BCUT2D eigenvalue weighted by Crippen LogP contribution is -2.43. The molecule has 1 aliphatic carbocycles. The Labute approximate surface area is 120 Å². The van der Waals surface area contributed by atoms with Crippen molar-refractivity contribution in [3.8, 4) is 0 Å². The van der Waals surface area contributed by atoms with Gasteiger partial charge in [0.1, 0.15) is 0 Å². The molecular formula is C15H22ClN3. The van der Waals surface area contributed by atoms with Crippen LogP contribution in [0.2, 0.25) is 5.02 Å². The summed E-state index contributed by atoms with van der Waals surface area (Å²) in [5, 5.41) is 7.61. The van der Waals surface area contributed by atoms with E-state index in [9.17, 15) is 0 Å². The van der Waals surface area contributed by atoms with Crippen molar-refractivity contribution >= 4 is 17.6 Å². The standard InChI is InChI=1S/C15H22ClN3/c1-17-15(19-14-8-3-2-4-9-14)18-11-12-6-5-7-13(16)10-12/h5-7,10,14H,2-4,8-9,11H2,1H3,(H2,17,18,19). The van der Waals surface area contributed by atoms with Crippen LogP contribution in [0.3, 0.4) is 0 Å². The average Bonchev–Trinajstić information content (AvgIpc) is 2.44. The van der Waals surface area contributed by atoms with Gasteiger partial charge in [-0.25, -0.2) is 0 Å². The quantitative estimate of drug-likeness (QED) is 0.658. The molecule has 1 aromatic rings. The van der Waals surface area contributed by atoms with Gasteiger partial charge >= 0.3 is 0 Å². The SMILES string of the molecule is CN=C(NCc1cccc(Cl)c1)NC1CCCCC1. The first-order valence-electron chi connectivity index (χ1n) is 6.99. The summed E-state index contributed by atoms with van der Waals surface area (Å²) in [5.74, 6) is 0.881. The van der Waals surface area contributed by atoms with Crippen molar-refractivity contribution in [3.05, 3.63) is 34.9 Å². The van der Waals surface area contributed by atoms with Gasteiger partial charge in [0, 0.05) is 24.7 Å². The first-order valence-corrected chi connectivity index (χ1v) is 7.37. The van der Waals surface area contributed by atoms with Gasteiger partial charge in [-0.1, -0.05) is 43.0 Å². The highest BCUT2D eigenvalue weighted by atomic mass is 35.5. The van der Waals surface area contributed by atoms with Crippen LogP contribution in [-0.4, -0.2) is 19.0 Å². The van der Waals surface area contributed by atoms with E-state index >= 15 is 0 Å². The summed E-state index contributed by atoms with van der Waals surface area (Å²) in [6.07, 6.45) is 6.51. The number of benzene rings is 1. The van der Waals surface area contributed by atoms with Gasteiger partial charge in [0.2, 0.25) is 0 Å². The Hall–Kier alpha value is -1.22. The molecule has 3 nitrogen and oxygen atoms in total. The van der Waals surface area contributed by atoms with Crippen molar-refractivity contribution < 1.29 is 0 Å². The molecule has 19 heavy (non-hydrogen) atoms. The Balaban J connectivity index is 1.82. The number of aliphatic imine (C=N–C) groups is 1. The topological polar surface area (TPSA) is 36.4 Å². The van der Waals surface area contributed by atoms with E-state index in [2.05, 4.69) is 21.7 Å². The molecule has 4 heteroatoms. The number of hydrogen-bond acceptors (Lipinski definition) is 1. The maximum atomic E-state index is 5.98. The number of nitrogens with zero attached hydrogens (tertiary/aromatic N) is 1. The van der Waals surface area contributed by atoms with Crippen LogP contribution in [0.25, 0.3) is 0 Å². The molecule has 1 saturated carbocycles. The normalized spacial score (nSPS) is 17.3. The fourth-order valence-corrected chi connectivity index (χ4v) is 2.68. The highest BCUT2D eigenvalue weighted by molar-refractivity contribution is 6.30. The molecule has 0 unspecified atom stereocenters. The first-order chi connectivity index (χ1) is 9.28. The zero-order valence-corrected chi connectivity index (χ0v) is 12.2. The van der Waals surface area contributed by atoms with Crippen molar-refractivity contribution in [2.45, 2.75) is 44.7 Å². The van der Waals surface area contributed by atoms with Gasteiger partial charge in [0.05, 0.1) is 0 Å². The lowest BCUT2D eigenvalue weighted by molar-refractivity contribution is 0.410. The Kier molecular flexibility index (Phi) is 5.52. The third kappa shape index (κ3) is 4.75. The van der Waals surface area contributed by atoms with Gasteiger partial charge in [-0.3, -0.25) is 4.99 Å². The van der Waals surface area contributed by atoms with Gasteiger partial charge in [0.25, 0.3) is 0 Å². The van der Waals surface area contributed by atoms with E-state index < -0.39 is 0 Å². The van der Waals surface area contributed by atoms with Crippen molar-refractivity contribution in [3.63, 3.8) is 0 Å². The summed E-state index contributed by atoms with van der Waals surface area (Å²) >= 11 is 5.98. The highest BCUT2D eigenvalue weighted by Gasteiger charge is 2.14. The molecule has 0 atom stereocenters. The number of halogens is 1. The minimum Gasteiger partial charge on any atom is -0.354 e. The van der Waals surface area contributed by atoms with E-state index in [0.717, 1.165) is 17.5 Å². The van der Waals surface area contributed by atoms with Gasteiger partial charge < -0.3 is 10.6 Å². The molecular weight excluding hydrogens is 258 g/mol. The van der Waals surface area contributed by atoms with Crippen LogP contribution in [0.15, 0.2) is 29.3 Å². The van der Waals surface area contributed by atoms with Crippen molar-refractivity contribution in [2.75, 3.05) is 7.05 Å². The minimum atomic E-state index is 0.569. The van der Waals surface area contributed by atoms with Crippen molar-refractivity contribution in [2.24, 2.45) is 4.99 Å². The summed E-state index contributed by atoms with van der Waals surface area (Å²) in [7, 11) is 1.82. The van der Waals surface area contributed by atoms with E-state index in [1.165, 1.54) is 37.7 Å².